The van der Waals surface area contributed by atoms with Gasteiger partial charge in [-0.25, -0.2) is 0 Å². The van der Waals surface area contributed by atoms with Gasteiger partial charge in [0, 0.05) is 34.2 Å². The zero-order valence-corrected chi connectivity index (χ0v) is 20.1. The first kappa shape index (κ1) is 20.3. The highest BCUT2D eigenvalue weighted by atomic mass is 15.0. The van der Waals surface area contributed by atoms with Crippen molar-refractivity contribution in [2.75, 3.05) is 0 Å². The smallest absolute Gasteiger partial charge is 0.0632 e. The summed E-state index contributed by atoms with van der Waals surface area (Å²) >= 11 is 0. The second-order valence-electron chi connectivity index (χ2n) is 9.59. The zero-order valence-electron chi connectivity index (χ0n) is 20.1. The molecule has 0 amide bonds. The van der Waals surface area contributed by atoms with E-state index in [0.29, 0.717) is 0 Å². The Morgan fingerprint density at radius 1 is 0.459 bits per heavy atom. The Balaban J connectivity index is 1.73. The molecule has 37 heavy (non-hydrogen) atoms. The van der Waals surface area contributed by atoms with Crippen molar-refractivity contribution in [3.05, 3.63) is 134 Å². The van der Waals surface area contributed by atoms with E-state index < -0.39 is 0 Å². The number of pyridine rings is 1. The summed E-state index contributed by atoms with van der Waals surface area (Å²) in [6.45, 7) is 0. The minimum Gasteiger partial charge on any atom is -0.309 e. The lowest BCUT2D eigenvalue weighted by atomic mass is 9.89. The van der Waals surface area contributed by atoms with E-state index in [4.69, 9.17) is 0 Å². The van der Waals surface area contributed by atoms with E-state index >= 15 is 0 Å². The minimum atomic E-state index is 1.17. The fourth-order valence-electron chi connectivity index (χ4n) is 6.14. The van der Waals surface area contributed by atoms with Crippen molar-refractivity contribution in [2.45, 2.75) is 0 Å². The van der Waals surface area contributed by atoms with Crippen LogP contribution in [0.25, 0.3) is 70.9 Å². The maximum Gasteiger partial charge on any atom is 0.0632 e. The third kappa shape index (κ3) is 2.84. The van der Waals surface area contributed by atoms with Gasteiger partial charge in [0.2, 0.25) is 0 Å². The molecule has 0 aliphatic rings. The van der Waals surface area contributed by atoms with Crippen molar-refractivity contribution in [1.82, 2.24) is 9.55 Å². The van der Waals surface area contributed by atoms with Gasteiger partial charge >= 0.3 is 0 Å². The lowest BCUT2D eigenvalue weighted by Crippen LogP contribution is -1.95. The number of benzene rings is 6. The van der Waals surface area contributed by atoms with Crippen LogP contribution in [0.3, 0.4) is 0 Å². The van der Waals surface area contributed by atoms with Gasteiger partial charge in [0.1, 0.15) is 0 Å². The molecule has 0 saturated carbocycles. The zero-order chi connectivity index (χ0) is 24.3. The number of hydrogen-bond donors (Lipinski definition) is 0. The van der Waals surface area contributed by atoms with Crippen molar-refractivity contribution in [1.29, 1.82) is 0 Å². The van der Waals surface area contributed by atoms with Gasteiger partial charge in [-0.3, -0.25) is 4.98 Å². The van der Waals surface area contributed by atoms with E-state index in [-0.39, 0.29) is 0 Å². The first-order chi connectivity index (χ1) is 18.4. The van der Waals surface area contributed by atoms with Gasteiger partial charge in [-0.05, 0) is 74.5 Å². The summed E-state index contributed by atoms with van der Waals surface area (Å²) in [6, 6.07) is 43.9. The molecule has 0 aliphatic heterocycles. The van der Waals surface area contributed by atoms with Crippen molar-refractivity contribution in [2.24, 2.45) is 0 Å². The molecule has 6 aromatic carbocycles. The molecule has 0 saturated heterocycles. The van der Waals surface area contributed by atoms with E-state index in [9.17, 15) is 0 Å². The number of nitrogens with zero attached hydrogens (tertiary/aromatic N) is 2. The van der Waals surface area contributed by atoms with Crippen LogP contribution in [0.5, 0.6) is 0 Å². The Labute approximate surface area is 214 Å². The molecule has 0 aliphatic carbocycles. The molecule has 2 nitrogen and oxygen atoms in total. The Kier molecular flexibility index (Phi) is 4.26. The van der Waals surface area contributed by atoms with Crippen LogP contribution in [0.1, 0.15) is 0 Å². The molecule has 0 radical (unpaired) electrons. The highest BCUT2D eigenvalue weighted by Gasteiger charge is 2.21. The van der Waals surface area contributed by atoms with Crippen molar-refractivity contribution < 1.29 is 0 Å². The third-order valence-corrected chi connectivity index (χ3v) is 7.65. The lowest BCUT2D eigenvalue weighted by Gasteiger charge is -2.16. The van der Waals surface area contributed by atoms with Gasteiger partial charge in [0.05, 0.1) is 11.0 Å². The molecule has 8 aromatic rings. The maximum atomic E-state index is 4.27. The van der Waals surface area contributed by atoms with Gasteiger partial charge < -0.3 is 4.57 Å². The number of rotatable bonds is 2. The normalized spacial score (nSPS) is 11.8. The van der Waals surface area contributed by atoms with Crippen LogP contribution in [-0.2, 0) is 0 Å². The molecule has 2 aromatic heterocycles. The SMILES string of the molecule is c1ccc(-n2c3ccccc3c3c4ccccc4c4cc(-c5ccncc5)c5ccccc5c4c32)cc1. The number of aromatic nitrogens is 2. The molecule has 0 bridgehead atoms. The maximum absolute atomic E-state index is 4.27. The topological polar surface area (TPSA) is 17.8 Å². The fourth-order valence-corrected chi connectivity index (χ4v) is 6.14. The summed E-state index contributed by atoms with van der Waals surface area (Å²) in [5.74, 6) is 0. The molecule has 0 spiro atoms. The molecule has 2 heterocycles. The largest absolute Gasteiger partial charge is 0.309 e. The van der Waals surface area contributed by atoms with E-state index in [1.807, 2.05) is 12.4 Å². The second kappa shape index (κ2) is 7.78. The summed E-state index contributed by atoms with van der Waals surface area (Å²) in [7, 11) is 0. The van der Waals surface area contributed by atoms with Crippen LogP contribution in [0.15, 0.2) is 134 Å². The van der Waals surface area contributed by atoms with Gasteiger partial charge in [0.25, 0.3) is 0 Å². The van der Waals surface area contributed by atoms with Crippen LogP contribution >= 0.6 is 0 Å². The van der Waals surface area contributed by atoms with Crippen LogP contribution in [0.4, 0.5) is 0 Å². The molecule has 0 N–H and O–H groups in total. The average Bonchev–Trinajstić information content (AvgIpc) is 3.33. The van der Waals surface area contributed by atoms with Crippen molar-refractivity contribution in [3.63, 3.8) is 0 Å². The minimum absolute atomic E-state index is 1.17. The number of hydrogen-bond acceptors (Lipinski definition) is 1. The molecule has 0 atom stereocenters. The van der Waals surface area contributed by atoms with Gasteiger partial charge in [-0.15, -0.1) is 0 Å². The molecular formula is C35H22N2. The second-order valence-corrected chi connectivity index (χ2v) is 9.59. The molecule has 0 unspecified atom stereocenters. The molecule has 2 heteroatoms. The standard InChI is InChI=1S/C35H22N2/c1-2-10-24(11-3-1)37-32-17-9-8-16-29(32)33-28-15-7-5-13-26(28)31-22-30(23-18-20-36-21-19-23)25-12-4-6-14-27(25)34(31)35(33)37/h1-22H. The van der Waals surface area contributed by atoms with Crippen molar-refractivity contribution >= 4 is 54.1 Å². The van der Waals surface area contributed by atoms with Crippen LogP contribution in [0.2, 0.25) is 0 Å². The fraction of sp³-hybridized carbons (Fsp3) is 0. The van der Waals surface area contributed by atoms with Gasteiger partial charge in [-0.2, -0.15) is 0 Å². The lowest BCUT2D eigenvalue weighted by molar-refractivity contribution is 1.19. The van der Waals surface area contributed by atoms with E-state index in [0.717, 1.165) is 0 Å². The number of para-hydroxylation sites is 2. The Morgan fingerprint density at radius 2 is 1.03 bits per heavy atom. The van der Waals surface area contributed by atoms with Crippen molar-refractivity contribution in [3.8, 4) is 16.8 Å². The quantitative estimate of drug-likeness (QED) is 0.230. The molecular weight excluding hydrogens is 448 g/mol. The summed E-state index contributed by atoms with van der Waals surface area (Å²) in [4.78, 5) is 4.27. The highest BCUT2D eigenvalue weighted by Crippen LogP contribution is 2.46. The molecule has 8 rings (SSSR count). The summed E-state index contributed by atoms with van der Waals surface area (Å²) in [5.41, 5.74) is 6.08. The Hall–Kier alpha value is -4.95. The van der Waals surface area contributed by atoms with E-state index in [1.165, 1.54) is 70.9 Å². The Morgan fingerprint density at radius 3 is 1.78 bits per heavy atom. The number of fused-ring (bicyclic) bond motifs is 10. The highest BCUT2D eigenvalue weighted by molar-refractivity contribution is 6.37. The summed E-state index contributed by atoms with van der Waals surface area (Å²) in [6.07, 6.45) is 3.76. The monoisotopic (exact) mass is 470 g/mol. The van der Waals surface area contributed by atoms with Gasteiger partial charge in [-0.1, -0.05) is 84.9 Å². The third-order valence-electron chi connectivity index (χ3n) is 7.65. The molecule has 172 valence electrons. The Bertz CT molecular complexity index is 2120. The first-order valence-electron chi connectivity index (χ1n) is 12.7. The average molecular weight is 471 g/mol. The predicted octanol–water partition coefficient (Wildman–Crippen LogP) is 9.31. The predicted molar refractivity (Wildman–Crippen MR) is 157 cm³/mol. The van der Waals surface area contributed by atoms with Crippen LogP contribution in [0, 0.1) is 0 Å². The first-order valence-corrected chi connectivity index (χ1v) is 12.7. The van der Waals surface area contributed by atoms with Gasteiger partial charge in [0.15, 0.2) is 0 Å². The van der Waals surface area contributed by atoms with Crippen LogP contribution < -0.4 is 0 Å². The summed E-state index contributed by atoms with van der Waals surface area (Å²) in [5, 5.41) is 10.2. The van der Waals surface area contributed by atoms with E-state index in [2.05, 4.69) is 131 Å². The van der Waals surface area contributed by atoms with Crippen LogP contribution in [-0.4, -0.2) is 9.55 Å². The molecule has 0 fully saturated rings. The van der Waals surface area contributed by atoms with E-state index in [1.54, 1.807) is 0 Å². The summed E-state index contributed by atoms with van der Waals surface area (Å²) < 4.78 is 2.46.